The molecule has 0 aliphatic heterocycles. The molecule has 0 fully saturated rings. The van der Waals surface area contributed by atoms with Crippen LogP contribution in [0.15, 0.2) is 30.3 Å². The second kappa shape index (κ2) is 8.63. The Morgan fingerprint density at radius 3 is 2.35 bits per heavy atom. The number of likely N-dealkylation sites (N-methyl/N-ethyl adjacent to an activating group) is 1. The van der Waals surface area contributed by atoms with Crippen LogP contribution in [-0.2, 0) is 4.79 Å². The molecule has 3 amide bonds. The van der Waals surface area contributed by atoms with E-state index in [1.54, 1.807) is 12.1 Å². The van der Waals surface area contributed by atoms with Crippen molar-refractivity contribution >= 4 is 17.6 Å². The summed E-state index contributed by atoms with van der Waals surface area (Å²) in [4.78, 5) is 24.6. The smallest absolute Gasteiger partial charge is 0.319 e. The predicted octanol–water partition coefficient (Wildman–Crippen LogP) is 2.01. The van der Waals surface area contributed by atoms with Gasteiger partial charge in [0.25, 0.3) is 5.91 Å². The lowest BCUT2D eigenvalue weighted by Crippen LogP contribution is -2.52. The van der Waals surface area contributed by atoms with Gasteiger partial charge in [0, 0.05) is 19.8 Å². The van der Waals surface area contributed by atoms with Crippen LogP contribution in [0.25, 0.3) is 0 Å². The van der Waals surface area contributed by atoms with Gasteiger partial charge in [-0.25, -0.2) is 14.8 Å². The summed E-state index contributed by atoms with van der Waals surface area (Å²) in [6.07, 6.45) is 2.33. The van der Waals surface area contributed by atoms with Crippen LogP contribution in [0.5, 0.6) is 0 Å². The maximum Gasteiger partial charge on any atom is 0.319 e. The third-order valence-electron chi connectivity index (χ3n) is 3.26. The first-order valence-corrected chi connectivity index (χ1v) is 7.38. The molecule has 2 N–H and O–H groups in total. The number of anilines is 1. The first-order chi connectivity index (χ1) is 10.8. The largest absolute Gasteiger partial charge is 0.326 e. The minimum Gasteiger partial charge on any atom is -0.326 e. The molecule has 124 valence electrons. The van der Waals surface area contributed by atoms with Crippen molar-refractivity contribution in [1.29, 1.82) is 5.26 Å². The summed E-state index contributed by atoms with van der Waals surface area (Å²) in [5.74, 6) is -0.132. The molecular formula is C16H23N5O2. The molecule has 0 aliphatic carbocycles. The summed E-state index contributed by atoms with van der Waals surface area (Å²) in [5, 5.41) is 16.5. The Balaban J connectivity index is 2.76. The van der Waals surface area contributed by atoms with Crippen LogP contribution in [0.1, 0.15) is 20.3 Å². The molecule has 0 spiro atoms. The minimum atomic E-state index is -0.709. The van der Waals surface area contributed by atoms with E-state index >= 15 is 0 Å². The molecule has 0 aliphatic rings. The number of carbonyl (C=O) groups is 2. The Labute approximate surface area is 136 Å². The summed E-state index contributed by atoms with van der Waals surface area (Å²) in [7, 11) is 2.98. The molecule has 23 heavy (non-hydrogen) atoms. The molecule has 1 aromatic carbocycles. The maximum absolute atomic E-state index is 12.5. The molecule has 0 heterocycles. The number of nitrogens with one attached hydrogen (secondary N) is 2. The molecule has 0 saturated carbocycles. The molecular weight excluding hydrogens is 294 g/mol. The van der Waals surface area contributed by atoms with Crippen LogP contribution in [0, 0.1) is 17.4 Å². The number of benzene rings is 1. The van der Waals surface area contributed by atoms with E-state index in [1.807, 2.05) is 38.2 Å². The average Bonchev–Trinajstić information content (AvgIpc) is 2.52. The molecule has 7 nitrogen and oxygen atoms in total. The van der Waals surface area contributed by atoms with Crippen LogP contribution in [0.2, 0.25) is 0 Å². The fraction of sp³-hybridized carbons (Fsp3) is 0.438. The minimum absolute atomic E-state index is 0.210. The van der Waals surface area contributed by atoms with Crippen LogP contribution >= 0.6 is 0 Å². The number of hydrogen-bond acceptors (Lipinski definition) is 4. The van der Waals surface area contributed by atoms with Crippen molar-refractivity contribution in [3.8, 4) is 6.19 Å². The second-order valence-electron chi connectivity index (χ2n) is 5.63. The van der Waals surface area contributed by atoms with Crippen LogP contribution in [0.4, 0.5) is 10.5 Å². The highest BCUT2D eigenvalue weighted by Crippen LogP contribution is 2.10. The first kappa shape index (κ1) is 18.3. The lowest BCUT2D eigenvalue weighted by Gasteiger charge is -2.28. The zero-order valence-electron chi connectivity index (χ0n) is 13.9. The maximum atomic E-state index is 12.5. The molecule has 0 bridgehead atoms. The summed E-state index contributed by atoms with van der Waals surface area (Å²) >= 11 is 0. The second-order valence-corrected chi connectivity index (χ2v) is 5.63. The molecule has 7 heteroatoms. The number of hydrogen-bond donors (Lipinski definition) is 2. The highest BCUT2D eigenvalue weighted by molar-refractivity contribution is 5.93. The lowest BCUT2D eigenvalue weighted by molar-refractivity contribution is -0.142. The van der Waals surface area contributed by atoms with Crippen LogP contribution in [-0.4, -0.2) is 42.1 Å². The van der Waals surface area contributed by atoms with E-state index in [0.29, 0.717) is 12.1 Å². The third kappa shape index (κ3) is 5.87. The number of nitriles is 1. The van der Waals surface area contributed by atoms with Crippen molar-refractivity contribution in [1.82, 2.24) is 15.3 Å². The van der Waals surface area contributed by atoms with Gasteiger partial charge < -0.3 is 10.6 Å². The van der Waals surface area contributed by atoms with Gasteiger partial charge in [-0.15, -0.1) is 0 Å². The summed E-state index contributed by atoms with van der Waals surface area (Å²) in [5.41, 5.74) is 0.642. The first-order valence-electron chi connectivity index (χ1n) is 7.38. The normalized spacial score (nSPS) is 11.3. The van der Waals surface area contributed by atoms with Crippen molar-refractivity contribution in [3.05, 3.63) is 30.3 Å². The van der Waals surface area contributed by atoms with Crippen molar-refractivity contribution in [2.75, 3.05) is 19.4 Å². The number of para-hydroxylation sites is 1. The van der Waals surface area contributed by atoms with E-state index in [0.717, 1.165) is 5.01 Å². The van der Waals surface area contributed by atoms with E-state index in [2.05, 4.69) is 10.6 Å². The van der Waals surface area contributed by atoms with Crippen molar-refractivity contribution in [3.63, 3.8) is 0 Å². The van der Waals surface area contributed by atoms with Gasteiger partial charge in [-0.2, -0.15) is 5.26 Å². The Hall–Kier alpha value is -2.75. The number of nitrogens with zero attached hydrogens (tertiary/aromatic N) is 3. The van der Waals surface area contributed by atoms with Crippen molar-refractivity contribution in [2.24, 2.45) is 5.92 Å². The van der Waals surface area contributed by atoms with Gasteiger partial charge in [-0.3, -0.25) is 4.79 Å². The standard InChI is InChI=1S/C16H23N5O2/c1-12(2)10-14(15(22)21(4)20(3)11-17)19-16(23)18-13-8-6-5-7-9-13/h5-9,12,14H,10H2,1-4H3,(H2,18,19,23)/t14-/m0/s1. The fourth-order valence-electron chi connectivity index (χ4n) is 1.98. The Kier molecular flexibility index (Phi) is 6.87. The van der Waals surface area contributed by atoms with E-state index in [4.69, 9.17) is 5.26 Å². The molecule has 1 atom stereocenters. The van der Waals surface area contributed by atoms with E-state index in [-0.39, 0.29) is 11.8 Å². The van der Waals surface area contributed by atoms with E-state index in [9.17, 15) is 9.59 Å². The van der Waals surface area contributed by atoms with Gasteiger partial charge in [0.15, 0.2) is 6.19 Å². The molecule has 1 rings (SSSR count). The summed E-state index contributed by atoms with van der Waals surface area (Å²) < 4.78 is 0. The number of amides is 3. The summed E-state index contributed by atoms with van der Waals surface area (Å²) in [6.45, 7) is 3.93. The molecule has 0 saturated heterocycles. The topological polar surface area (TPSA) is 88.5 Å². The average molecular weight is 317 g/mol. The van der Waals surface area contributed by atoms with Crippen molar-refractivity contribution < 1.29 is 9.59 Å². The quantitative estimate of drug-likeness (QED) is 0.477. The van der Waals surface area contributed by atoms with Gasteiger partial charge in [0.05, 0.1) is 0 Å². The Morgan fingerprint density at radius 1 is 1.22 bits per heavy atom. The fourth-order valence-corrected chi connectivity index (χ4v) is 1.98. The summed E-state index contributed by atoms with van der Waals surface area (Å²) in [6, 6.07) is 7.82. The Bertz CT molecular complexity index is 568. The number of carbonyl (C=O) groups excluding carboxylic acids is 2. The molecule has 0 aromatic heterocycles. The van der Waals surface area contributed by atoms with Crippen LogP contribution < -0.4 is 10.6 Å². The Morgan fingerprint density at radius 2 is 1.83 bits per heavy atom. The van der Waals surface area contributed by atoms with Crippen LogP contribution in [0.3, 0.4) is 0 Å². The number of rotatable bonds is 6. The third-order valence-corrected chi connectivity index (χ3v) is 3.26. The van der Waals surface area contributed by atoms with E-state index in [1.165, 1.54) is 19.1 Å². The highest BCUT2D eigenvalue weighted by atomic mass is 16.2. The van der Waals surface area contributed by atoms with Gasteiger partial charge in [0.2, 0.25) is 0 Å². The van der Waals surface area contributed by atoms with E-state index < -0.39 is 12.1 Å². The highest BCUT2D eigenvalue weighted by Gasteiger charge is 2.26. The van der Waals surface area contributed by atoms with Gasteiger partial charge in [-0.1, -0.05) is 32.0 Å². The zero-order valence-corrected chi connectivity index (χ0v) is 13.9. The zero-order chi connectivity index (χ0) is 17.4. The number of hydrazine groups is 1. The van der Waals surface area contributed by atoms with Gasteiger partial charge >= 0.3 is 6.03 Å². The van der Waals surface area contributed by atoms with Crippen molar-refractivity contribution in [2.45, 2.75) is 26.3 Å². The lowest BCUT2D eigenvalue weighted by atomic mass is 10.0. The monoisotopic (exact) mass is 317 g/mol. The molecule has 1 aromatic rings. The van der Waals surface area contributed by atoms with Gasteiger partial charge in [-0.05, 0) is 24.5 Å². The number of urea groups is 1. The predicted molar refractivity (Wildman–Crippen MR) is 88.0 cm³/mol. The molecule has 0 unspecified atom stereocenters. The molecule has 0 radical (unpaired) electrons. The van der Waals surface area contributed by atoms with Gasteiger partial charge in [0.1, 0.15) is 6.04 Å². The SMILES string of the molecule is CC(C)C[C@H](NC(=O)Nc1ccccc1)C(=O)N(C)N(C)C#N.